The van der Waals surface area contributed by atoms with Crippen molar-refractivity contribution in [1.29, 1.82) is 0 Å². The summed E-state index contributed by atoms with van der Waals surface area (Å²) in [7, 11) is 0. The summed E-state index contributed by atoms with van der Waals surface area (Å²) in [5.74, 6) is -1.75. The van der Waals surface area contributed by atoms with Crippen molar-refractivity contribution < 1.29 is 28.9 Å². The monoisotopic (exact) mass is 396 g/mol. The smallest absolute Gasteiger partial charge is 0.425 e. The van der Waals surface area contributed by atoms with Crippen molar-refractivity contribution in [3.63, 3.8) is 0 Å². The fraction of sp³-hybridized carbons (Fsp3) is 0.333. The van der Waals surface area contributed by atoms with Crippen LogP contribution in [0.5, 0.6) is 0 Å². The van der Waals surface area contributed by atoms with Gasteiger partial charge in [-0.1, -0.05) is 12.1 Å². The number of nitro groups is 1. The van der Waals surface area contributed by atoms with E-state index in [1.54, 1.807) is 6.07 Å². The lowest BCUT2D eigenvalue weighted by atomic mass is 10.2. The van der Waals surface area contributed by atoms with Crippen molar-refractivity contribution in [3.05, 3.63) is 34.4 Å². The quantitative estimate of drug-likeness (QED) is 0.122. The van der Waals surface area contributed by atoms with Gasteiger partial charge in [0, 0.05) is 19.0 Å². The number of thiocarbonyl (C=S) groups is 1. The second kappa shape index (κ2) is 8.51. The van der Waals surface area contributed by atoms with Crippen LogP contribution in [0, 0.1) is 10.1 Å². The molecule has 1 atom stereocenters. The average molecular weight is 396 g/mol. The number of aliphatic carboxylic acids is 1. The zero-order valence-corrected chi connectivity index (χ0v) is 15.0. The van der Waals surface area contributed by atoms with Crippen molar-refractivity contribution in [2.45, 2.75) is 6.42 Å². The number of rotatable bonds is 8. The number of hydrogen-bond acceptors (Lipinski definition) is 6. The number of quaternary nitrogens is 1. The second-order valence-corrected chi connectivity index (χ2v) is 6.21. The first kappa shape index (κ1) is 20.2. The van der Waals surface area contributed by atoms with E-state index in [1.807, 2.05) is 0 Å². The van der Waals surface area contributed by atoms with E-state index in [1.165, 1.54) is 18.2 Å². The van der Waals surface area contributed by atoms with Crippen LogP contribution < -0.4 is 16.0 Å². The fourth-order valence-corrected chi connectivity index (χ4v) is 2.93. The van der Waals surface area contributed by atoms with Crippen LogP contribution in [0.3, 0.4) is 0 Å². The predicted molar refractivity (Wildman–Crippen MR) is 98.0 cm³/mol. The highest BCUT2D eigenvalue weighted by atomic mass is 32.1. The standard InChI is InChI=1S/C15H17N5O6S/c21-12-8-17-15(24)20(12,9-13(22)23)7-3-6-16-14(27)18-10-4-1-2-5-11(10)19(25)26/h1-2,4-5H,3,6-9H2,(H3-,16,17,18,22,23,24,27)/p+1. The maximum Gasteiger partial charge on any atom is 0.425 e. The van der Waals surface area contributed by atoms with E-state index in [2.05, 4.69) is 16.0 Å². The third-order valence-electron chi connectivity index (χ3n) is 4.01. The van der Waals surface area contributed by atoms with Crippen LogP contribution in [-0.2, 0) is 9.59 Å². The minimum atomic E-state index is -1.25. The van der Waals surface area contributed by atoms with E-state index in [-0.39, 0.29) is 42.5 Å². The summed E-state index contributed by atoms with van der Waals surface area (Å²) >= 11 is 5.08. The lowest BCUT2D eigenvalue weighted by Crippen LogP contribution is -2.57. The van der Waals surface area contributed by atoms with E-state index >= 15 is 0 Å². The minimum absolute atomic E-state index is 0.00192. The zero-order valence-electron chi connectivity index (χ0n) is 14.1. The Hall–Kier alpha value is -3.12. The lowest BCUT2D eigenvalue weighted by Gasteiger charge is -2.25. The summed E-state index contributed by atoms with van der Waals surface area (Å²) in [6.07, 6.45) is 0.283. The lowest BCUT2D eigenvalue weighted by molar-refractivity contribution is -0.759. The molecule has 1 unspecified atom stereocenters. The van der Waals surface area contributed by atoms with Crippen LogP contribution in [-0.4, -0.2) is 63.7 Å². The molecule has 0 spiro atoms. The number of benzene rings is 1. The van der Waals surface area contributed by atoms with Gasteiger partial charge in [-0.05, 0) is 18.3 Å². The minimum Gasteiger partial charge on any atom is -0.477 e. The van der Waals surface area contributed by atoms with E-state index in [0.29, 0.717) is 0 Å². The van der Waals surface area contributed by atoms with Gasteiger partial charge in [0.25, 0.3) is 5.69 Å². The molecule has 1 aromatic carbocycles. The molecule has 0 aliphatic carbocycles. The Morgan fingerprint density at radius 1 is 1.37 bits per heavy atom. The molecule has 1 fully saturated rings. The number of anilines is 1. The van der Waals surface area contributed by atoms with Crippen LogP contribution in [0.4, 0.5) is 16.2 Å². The van der Waals surface area contributed by atoms with Gasteiger partial charge in [0.2, 0.25) is 0 Å². The fourth-order valence-electron chi connectivity index (χ4n) is 2.72. The van der Waals surface area contributed by atoms with Crippen molar-refractivity contribution in [2.24, 2.45) is 0 Å². The maximum atomic E-state index is 12.0. The molecule has 0 aromatic heterocycles. The van der Waals surface area contributed by atoms with Gasteiger partial charge in [0.15, 0.2) is 11.7 Å². The van der Waals surface area contributed by atoms with Gasteiger partial charge in [-0.2, -0.15) is 4.48 Å². The van der Waals surface area contributed by atoms with Crippen LogP contribution >= 0.6 is 12.2 Å². The molecule has 0 bridgehead atoms. The van der Waals surface area contributed by atoms with E-state index in [0.717, 1.165) is 0 Å². The van der Waals surface area contributed by atoms with Crippen LogP contribution in [0.25, 0.3) is 0 Å². The number of nitro benzene ring substituents is 1. The predicted octanol–water partition coefficient (Wildman–Crippen LogP) is 0.422. The Kier molecular flexibility index (Phi) is 6.36. The summed E-state index contributed by atoms with van der Waals surface area (Å²) < 4.78 is -0.790. The Balaban J connectivity index is 1.89. The molecule has 4 N–H and O–H groups in total. The number of nitrogens with zero attached hydrogens (tertiary/aromatic N) is 2. The number of nitrogens with one attached hydrogen (secondary N) is 3. The summed E-state index contributed by atoms with van der Waals surface area (Å²) in [5.41, 5.74) is 0.0930. The van der Waals surface area contributed by atoms with Gasteiger partial charge >= 0.3 is 17.9 Å². The van der Waals surface area contributed by atoms with Gasteiger partial charge in [0.05, 0.1) is 11.5 Å². The van der Waals surface area contributed by atoms with Crippen molar-refractivity contribution in [2.75, 3.05) is 31.5 Å². The third kappa shape index (κ3) is 4.74. The summed E-state index contributed by atoms with van der Waals surface area (Å²) in [5, 5.41) is 28.0. The van der Waals surface area contributed by atoms with E-state index in [4.69, 9.17) is 17.3 Å². The average Bonchev–Trinajstić information content (AvgIpc) is 2.87. The first-order valence-corrected chi connectivity index (χ1v) is 8.36. The maximum absolute atomic E-state index is 12.0. The molecule has 0 saturated carbocycles. The molecular formula is C15H18N5O6S+. The number of imide groups is 1. The SMILES string of the molecule is O=C(O)C[N+]1(CCCNC(=S)Nc2ccccc2[N+](=O)[O-])C(=O)CNC1=O. The first-order valence-electron chi connectivity index (χ1n) is 7.95. The molecular weight excluding hydrogens is 378 g/mol. The third-order valence-corrected chi connectivity index (χ3v) is 4.26. The molecule has 1 aliphatic rings. The molecule has 0 radical (unpaired) electrons. The number of amides is 3. The first-order chi connectivity index (χ1) is 12.8. The van der Waals surface area contributed by atoms with Gasteiger partial charge in [-0.3, -0.25) is 15.4 Å². The van der Waals surface area contributed by atoms with E-state index in [9.17, 15) is 24.5 Å². The van der Waals surface area contributed by atoms with Gasteiger partial charge in [-0.25, -0.2) is 14.4 Å². The summed E-state index contributed by atoms with van der Waals surface area (Å²) in [4.78, 5) is 45.5. The highest BCUT2D eigenvalue weighted by Gasteiger charge is 2.51. The molecule has 144 valence electrons. The number of carboxylic acids is 1. The molecule has 1 aromatic rings. The number of hydrogen-bond donors (Lipinski definition) is 4. The molecule has 2 rings (SSSR count). The topological polar surface area (TPSA) is 151 Å². The van der Waals surface area contributed by atoms with Gasteiger partial charge < -0.3 is 15.7 Å². The van der Waals surface area contributed by atoms with Crippen LogP contribution in [0.2, 0.25) is 0 Å². The second-order valence-electron chi connectivity index (χ2n) is 5.80. The Morgan fingerprint density at radius 2 is 2.07 bits per heavy atom. The van der Waals surface area contributed by atoms with Crippen LogP contribution in [0.15, 0.2) is 24.3 Å². The number of carbonyl (C=O) groups is 3. The van der Waals surface area contributed by atoms with Crippen molar-refractivity contribution in [1.82, 2.24) is 10.6 Å². The Labute approximate surface area is 159 Å². The Morgan fingerprint density at radius 3 is 2.67 bits per heavy atom. The molecule has 27 heavy (non-hydrogen) atoms. The molecule has 11 nitrogen and oxygen atoms in total. The van der Waals surface area contributed by atoms with Crippen molar-refractivity contribution in [3.8, 4) is 0 Å². The molecule has 12 heteroatoms. The number of urea groups is 1. The molecule has 3 amide bonds. The number of carboxylic acid groups (broad SMARTS) is 1. The summed E-state index contributed by atoms with van der Waals surface area (Å²) in [6, 6.07) is 5.36. The number of carbonyl (C=O) groups excluding carboxylic acids is 2. The Bertz CT molecular complexity index is 783. The van der Waals surface area contributed by atoms with Gasteiger partial charge in [0.1, 0.15) is 12.2 Å². The van der Waals surface area contributed by atoms with Gasteiger partial charge in [-0.15, -0.1) is 0 Å². The highest BCUT2D eigenvalue weighted by Crippen LogP contribution is 2.23. The molecule has 1 aliphatic heterocycles. The highest BCUT2D eigenvalue weighted by molar-refractivity contribution is 7.80. The summed E-state index contributed by atoms with van der Waals surface area (Å²) in [6.45, 7) is -0.578. The van der Waals surface area contributed by atoms with E-state index < -0.39 is 33.9 Å². The number of para-hydroxylation sites is 2. The normalized spacial score (nSPS) is 18.7. The zero-order chi connectivity index (χ0) is 20.0. The van der Waals surface area contributed by atoms with Crippen LogP contribution in [0.1, 0.15) is 6.42 Å². The largest absolute Gasteiger partial charge is 0.477 e. The van der Waals surface area contributed by atoms with Crippen molar-refractivity contribution >= 4 is 46.6 Å². The molecule has 1 saturated heterocycles. The molecule has 1 heterocycles.